The van der Waals surface area contributed by atoms with Gasteiger partial charge in [0.1, 0.15) is 5.75 Å². The van der Waals surface area contributed by atoms with Crippen LogP contribution in [0.1, 0.15) is 19.3 Å². The number of halogens is 3. The van der Waals surface area contributed by atoms with Gasteiger partial charge >= 0.3 is 6.36 Å². The topological polar surface area (TPSA) is 79.0 Å². The van der Waals surface area contributed by atoms with Gasteiger partial charge in [-0.15, -0.1) is 13.2 Å². The van der Waals surface area contributed by atoms with Crippen LogP contribution in [0.15, 0.2) is 24.3 Å². The average molecular weight is 385 g/mol. The number of anilines is 1. The van der Waals surface area contributed by atoms with Crippen molar-refractivity contribution in [2.45, 2.75) is 37.7 Å². The molecule has 1 N–H and O–H groups in total. The van der Waals surface area contributed by atoms with Gasteiger partial charge in [0.2, 0.25) is 17.7 Å². The van der Waals surface area contributed by atoms with Crippen molar-refractivity contribution in [2.75, 3.05) is 18.9 Å². The first kappa shape index (κ1) is 19.2. The third kappa shape index (κ3) is 4.76. The molecule has 1 heterocycles. The highest BCUT2D eigenvalue weighted by molar-refractivity contribution is 6.06. The molecule has 3 rings (SSSR count). The van der Waals surface area contributed by atoms with Crippen molar-refractivity contribution in [3.8, 4) is 5.75 Å². The van der Waals surface area contributed by atoms with Gasteiger partial charge in [0.15, 0.2) is 0 Å². The van der Waals surface area contributed by atoms with E-state index in [-0.39, 0.29) is 36.5 Å². The quantitative estimate of drug-likeness (QED) is 0.755. The largest absolute Gasteiger partial charge is 0.573 e. The number of amides is 3. The summed E-state index contributed by atoms with van der Waals surface area (Å²) in [4.78, 5) is 39.3. The zero-order chi connectivity index (χ0) is 19.8. The zero-order valence-electron chi connectivity index (χ0n) is 14.5. The zero-order valence-corrected chi connectivity index (χ0v) is 14.5. The predicted molar refractivity (Wildman–Crippen MR) is 87.7 cm³/mol. The van der Waals surface area contributed by atoms with Crippen molar-refractivity contribution < 1.29 is 32.3 Å². The minimum atomic E-state index is -4.78. The Morgan fingerprint density at radius 3 is 2.44 bits per heavy atom. The number of ether oxygens (including phenoxy) is 1. The number of likely N-dealkylation sites (N-methyl/N-ethyl adjacent to an activating group) is 1. The first-order valence-electron chi connectivity index (χ1n) is 8.36. The van der Waals surface area contributed by atoms with E-state index in [1.54, 1.807) is 7.05 Å². The number of benzene rings is 1. The third-order valence-corrected chi connectivity index (χ3v) is 4.37. The van der Waals surface area contributed by atoms with Crippen molar-refractivity contribution in [1.82, 2.24) is 9.80 Å². The standard InChI is InChI=1S/C17H18F3N3O4/c1-22(13-8-15(25)23(16(13)26)11-4-5-11)9-14(24)21-10-2-6-12(7-3-10)27-17(18,19)20/h2-3,6-7,11,13H,4-5,8-9H2,1H3,(H,21,24). The average Bonchev–Trinajstić information content (AvgIpc) is 3.33. The van der Waals surface area contributed by atoms with Gasteiger partial charge in [-0.05, 0) is 44.2 Å². The van der Waals surface area contributed by atoms with E-state index in [0.29, 0.717) is 0 Å². The summed E-state index contributed by atoms with van der Waals surface area (Å²) in [6.45, 7) is -0.136. The van der Waals surface area contributed by atoms with Crippen LogP contribution >= 0.6 is 0 Å². The maximum absolute atomic E-state index is 12.4. The van der Waals surface area contributed by atoms with Crippen molar-refractivity contribution >= 4 is 23.4 Å². The van der Waals surface area contributed by atoms with Gasteiger partial charge in [0.05, 0.1) is 19.0 Å². The lowest BCUT2D eigenvalue weighted by Gasteiger charge is -2.22. The molecular formula is C17H18F3N3O4. The maximum atomic E-state index is 12.4. The van der Waals surface area contributed by atoms with Gasteiger partial charge in [-0.2, -0.15) is 0 Å². The number of hydrogen-bond donors (Lipinski definition) is 1. The molecule has 2 fully saturated rings. The summed E-state index contributed by atoms with van der Waals surface area (Å²) in [5.74, 6) is -1.36. The fourth-order valence-electron chi connectivity index (χ4n) is 2.97. The van der Waals surface area contributed by atoms with Gasteiger partial charge < -0.3 is 10.1 Å². The lowest BCUT2D eigenvalue weighted by atomic mass is 10.2. The Bertz CT molecular complexity index is 747. The minimum absolute atomic E-state index is 0.00495. The Kier molecular flexibility index (Phi) is 5.09. The third-order valence-electron chi connectivity index (χ3n) is 4.37. The number of imide groups is 1. The summed E-state index contributed by atoms with van der Waals surface area (Å²) in [6, 6.07) is 4.04. The molecule has 0 radical (unpaired) electrons. The minimum Gasteiger partial charge on any atom is -0.406 e. The van der Waals surface area contributed by atoms with E-state index >= 15 is 0 Å². The molecule has 1 saturated carbocycles. The van der Waals surface area contributed by atoms with Crippen LogP contribution in [0.3, 0.4) is 0 Å². The van der Waals surface area contributed by atoms with Crippen molar-refractivity contribution in [1.29, 1.82) is 0 Å². The van der Waals surface area contributed by atoms with Gasteiger partial charge in [0, 0.05) is 11.7 Å². The van der Waals surface area contributed by atoms with Gasteiger partial charge in [-0.1, -0.05) is 0 Å². The van der Waals surface area contributed by atoms with Crippen LogP contribution in [0.5, 0.6) is 5.75 Å². The molecule has 1 atom stereocenters. The second kappa shape index (κ2) is 7.18. The molecule has 1 aliphatic heterocycles. The summed E-state index contributed by atoms with van der Waals surface area (Å²) in [6.07, 6.45) is -3.10. The summed E-state index contributed by atoms with van der Waals surface area (Å²) < 4.78 is 40.1. The summed E-state index contributed by atoms with van der Waals surface area (Å²) >= 11 is 0. The Balaban J connectivity index is 1.53. The molecule has 1 aromatic carbocycles. The van der Waals surface area contributed by atoms with Crippen LogP contribution in [0.25, 0.3) is 0 Å². The Hall–Kier alpha value is -2.62. The van der Waals surface area contributed by atoms with E-state index in [2.05, 4.69) is 10.1 Å². The monoisotopic (exact) mass is 385 g/mol. The van der Waals surface area contributed by atoms with E-state index in [9.17, 15) is 27.6 Å². The molecule has 3 amide bonds. The number of carbonyl (C=O) groups excluding carboxylic acids is 3. The molecule has 146 valence electrons. The van der Waals surface area contributed by atoms with Gasteiger partial charge in [0.25, 0.3) is 0 Å². The molecule has 7 nitrogen and oxygen atoms in total. The van der Waals surface area contributed by atoms with Crippen LogP contribution in [-0.4, -0.2) is 59.6 Å². The summed E-state index contributed by atoms with van der Waals surface area (Å²) in [7, 11) is 1.58. The van der Waals surface area contributed by atoms with E-state index < -0.39 is 24.1 Å². The summed E-state index contributed by atoms with van der Waals surface area (Å²) in [5.41, 5.74) is 0.288. The highest BCUT2D eigenvalue weighted by Gasteiger charge is 2.47. The molecule has 1 aliphatic carbocycles. The molecule has 0 aromatic heterocycles. The molecule has 2 aliphatic rings. The number of nitrogens with one attached hydrogen (secondary N) is 1. The number of hydrogen-bond acceptors (Lipinski definition) is 5. The van der Waals surface area contributed by atoms with E-state index in [1.165, 1.54) is 21.9 Å². The molecule has 1 aromatic rings. The molecule has 1 saturated heterocycles. The highest BCUT2D eigenvalue weighted by atomic mass is 19.4. The first-order valence-corrected chi connectivity index (χ1v) is 8.36. The molecule has 0 bridgehead atoms. The molecule has 27 heavy (non-hydrogen) atoms. The van der Waals surface area contributed by atoms with Crippen LogP contribution in [0.2, 0.25) is 0 Å². The second-order valence-electron chi connectivity index (χ2n) is 6.59. The normalized spacial score (nSPS) is 20.3. The maximum Gasteiger partial charge on any atom is 0.573 e. The van der Waals surface area contributed by atoms with Crippen molar-refractivity contribution in [3.63, 3.8) is 0 Å². The van der Waals surface area contributed by atoms with Crippen molar-refractivity contribution in [2.24, 2.45) is 0 Å². The fourth-order valence-corrected chi connectivity index (χ4v) is 2.97. The number of nitrogens with zero attached hydrogens (tertiary/aromatic N) is 2. The van der Waals surface area contributed by atoms with E-state index in [0.717, 1.165) is 25.0 Å². The van der Waals surface area contributed by atoms with Crippen LogP contribution in [0, 0.1) is 0 Å². The SMILES string of the molecule is CN(CC(=O)Nc1ccc(OC(F)(F)F)cc1)C1CC(=O)N(C2CC2)C1=O. The van der Waals surface area contributed by atoms with E-state index in [4.69, 9.17) is 0 Å². The fraction of sp³-hybridized carbons (Fsp3) is 0.471. The Labute approximate surface area is 153 Å². The van der Waals surface area contributed by atoms with Crippen LogP contribution < -0.4 is 10.1 Å². The number of rotatable bonds is 6. The van der Waals surface area contributed by atoms with E-state index in [1.807, 2.05) is 0 Å². The van der Waals surface area contributed by atoms with Crippen LogP contribution in [-0.2, 0) is 14.4 Å². The second-order valence-corrected chi connectivity index (χ2v) is 6.59. The molecule has 10 heteroatoms. The lowest BCUT2D eigenvalue weighted by Crippen LogP contribution is -2.43. The van der Waals surface area contributed by atoms with Gasteiger partial charge in [-0.25, -0.2) is 0 Å². The Morgan fingerprint density at radius 2 is 1.89 bits per heavy atom. The Morgan fingerprint density at radius 1 is 1.26 bits per heavy atom. The highest BCUT2D eigenvalue weighted by Crippen LogP contribution is 2.32. The predicted octanol–water partition coefficient (Wildman–Crippen LogP) is 1.75. The van der Waals surface area contributed by atoms with Gasteiger partial charge in [-0.3, -0.25) is 24.2 Å². The van der Waals surface area contributed by atoms with Crippen molar-refractivity contribution in [3.05, 3.63) is 24.3 Å². The lowest BCUT2D eigenvalue weighted by molar-refractivity contribution is -0.274. The summed E-state index contributed by atoms with van der Waals surface area (Å²) in [5, 5.41) is 2.53. The number of carbonyl (C=O) groups is 3. The van der Waals surface area contributed by atoms with Crippen LogP contribution in [0.4, 0.5) is 18.9 Å². The molecular weight excluding hydrogens is 367 g/mol. The number of alkyl halides is 3. The number of likely N-dealkylation sites (tertiary alicyclic amines) is 1. The first-order chi connectivity index (χ1) is 12.6. The molecule has 1 unspecified atom stereocenters. The smallest absolute Gasteiger partial charge is 0.406 e. The molecule has 0 spiro atoms.